The van der Waals surface area contributed by atoms with E-state index < -0.39 is 0 Å². The first-order valence-electron chi connectivity index (χ1n) is 9.80. The Morgan fingerprint density at radius 1 is 1.00 bits per heavy atom. The second-order valence-electron chi connectivity index (χ2n) is 7.48. The molecule has 0 bridgehead atoms. The van der Waals surface area contributed by atoms with Crippen LogP contribution in [0.4, 0.5) is 0 Å². The number of rotatable bonds is 5. The highest BCUT2D eigenvalue weighted by atomic mass is 16.1. The lowest BCUT2D eigenvalue weighted by Crippen LogP contribution is -2.37. The second-order valence-corrected chi connectivity index (χ2v) is 7.48. The summed E-state index contributed by atoms with van der Waals surface area (Å²) in [4.78, 5) is 39.3. The molecule has 4 heterocycles. The van der Waals surface area contributed by atoms with E-state index >= 15 is 0 Å². The maximum Gasteiger partial charge on any atom is 0.253 e. The van der Waals surface area contributed by atoms with Gasteiger partial charge in [-0.3, -0.25) is 28.6 Å². The van der Waals surface area contributed by atoms with E-state index in [4.69, 9.17) is 0 Å². The lowest BCUT2D eigenvalue weighted by atomic mass is 9.96. The van der Waals surface area contributed by atoms with Crippen LogP contribution in [0.15, 0.2) is 58.8 Å². The van der Waals surface area contributed by atoms with Crippen molar-refractivity contribution in [3.05, 3.63) is 75.7 Å². The Hall–Kier alpha value is -3.13. The predicted octanol–water partition coefficient (Wildman–Crippen LogP) is 1.31. The van der Waals surface area contributed by atoms with Gasteiger partial charge in [0.2, 0.25) is 0 Å². The number of likely N-dealkylation sites (tertiary alicyclic amines) is 1. The van der Waals surface area contributed by atoms with Gasteiger partial charge in [0.1, 0.15) is 5.82 Å². The summed E-state index contributed by atoms with van der Waals surface area (Å²) in [6, 6.07) is 6.76. The van der Waals surface area contributed by atoms with Crippen molar-refractivity contribution in [3.63, 3.8) is 0 Å². The lowest BCUT2D eigenvalue weighted by molar-refractivity contribution is 0.161. The summed E-state index contributed by atoms with van der Waals surface area (Å²) in [6.07, 6.45) is 8.60. The zero-order valence-corrected chi connectivity index (χ0v) is 16.4. The Balaban J connectivity index is 1.35. The number of pyridine rings is 1. The van der Waals surface area contributed by atoms with Crippen LogP contribution in [0.2, 0.25) is 0 Å². The average Bonchev–Trinajstić information content (AvgIpc) is 2.75. The average molecular weight is 392 g/mol. The first kappa shape index (κ1) is 19.2. The lowest BCUT2D eigenvalue weighted by Gasteiger charge is -2.32. The van der Waals surface area contributed by atoms with Crippen LogP contribution < -0.4 is 11.1 Å². The van der Waals surface area contributed by atoms with Gasteiger partial charge in [-0.2, -0.15) is 0 Å². The molecule has 8 nitrogen and oxygen atoms in total. The van der Waals surface area contributed by atoms with Gasteiger partial charge in [-0.05, 0) is 44.0 Å². The summed E-state index contributed by atoms with van der Waals surface area (Å²) in [7, 11) is 1.76. The van der Waals surface area contributed by atoms with Crippen LogP contribution in [0.3, 0.4) is 0 Å². The molecule has 0 amide bonds. The third-order valence-corrected chi connectivity index (χ3v) is 5.54. The molecule has 1 fully saturated rings. The van der Waals surface area contributed by atoms with Crippen molar-refractivity contribution in [2.75, 3.05) is 13.1 Å². The van der Waals surface area contributed by atoms with Crippen molar-refractivity contribution >= 4 is 0 Å². The van der Waals surface area contributed by atoms with Gasteiger partial charge in [-0.15, -0.1) is 0 Å². The van der Waals surface area contributed by atoms with Gasteiger partial charge >= 0.3 is 0 Å². The number of hydrogen-bond acceptors (Lipinski definition) is 6. The molecule has 0 radical (unpaired) electrons. The fourth-order valence-electron chi connectivity index (χ4n) is 3.71. The highest BCUT2D eigenvalue weighted by Gasteiger charge is 2.21. The van der Waals surface area contributed by atoms with Crippen LogP contribution in [-0.2, 0) is 20.1 Å². The van der Waals surface area contributed by atoms with E-state index in [1.807, 2.05) is 12.1 Å². The normalized spacial score (nSPS) is 15.5. The van der Waals surface area contributed by atoms with E-state index in [0.29, 0.717) is 24.7 Å². The molecule has 3 aromatic rings. The van der Waals surface area contributed by atoms with Crippen molar-refractivity contribution < 1.29 is 0 Å². The summed E-state index contributed by atoms with van der Waals surface area (Å²) >= 11 is 0. The quantitative estimate of drug-likeness (QED) is 0.651. The summed E-state index contributed by atoms with van der Waals surface area (Å²) in [5.41, 5.74) is 1.50. The molecule has 3 aromatic heterocycles. The highest BCUT2D eigenvalue weighted by molar-refractivity contribution is 5.57. The van der Waals surface area contributed by atoms with E-state index in [1.54, 1.807) is 47.2 Å². The van der Waals surface area contributed by atoms with Crippen molar-refractivity contribution in [2.24, 2.45) is 13.0 Å². The number of nitrogens with zero attached hydrogens (tertiary/aromatic N) is 6. The van der Waals surface area contributed by atoms with E-state index in [9.17, 15) is 9.59 Å². The molecule has 0 aliphatic carbocycles. The van der Waals surface area contributed by atoms with E-state index in [0.717, 1.165) is 37.3 Å². The Labute approximate surface area is 168 Å². The molecule has 4 rings (SSSR count). The molecular weight excluding hydrogens is 368 g/mol. The van der Waals surface area contributed by atoms with Gasteiger partial charge in [0.25, 0.3) is 11.1 Å². The topological polar surface area (TPSA) is 85.9 Å². The minimum Gasteiger partial charge on any atom is -0.299 e. The summed E-state index contributed by atoms with van der Waals surface area (Å²) < 4.78 is 3.30. The molecule has 0 spiro atoms. The first-order chi connectivity index (χ1) is 14.1. The zero-order chi connectivity index (χ0) is 20.2. The van der Waals surface area contributed by atoms with Gasteiger partial charge in [0.15, 0.2) is 0 Å². The van der Waals surface area contributed by atoms with Crippen LogP contribution in [-0.4, -0.2) is 42.1 Å². The molecule has 29 heavy (non-hydrogen) atoms. The maximum atomic E-state index is 12.5. The third kappa shape index (κ3) is 4.48. The van der Waals surface area contributed by atoms with Crippen LogP contribution >= 0.6 is 0 Å². The fraction of sp³-hybridized carbons (Fsp3) is 0.381. The molecule has 8 heteroatoms. The Morgan fingerprint density at radius 3 is 2.48 bits per heavy atom. The fourth-order valence-corrected chi connectivity index (χ4v) is 3.71. The molecule has 150 valence electrons. The minimum atomic E-state index is -0.0352. The zero-order valence-electron chi connectivity index (χ0n) is 16.4. The Bertz CT molecular complexity index is 1080. The smallest absolute Gasteiger partial charge is 0.253 e. The second kappa shape index (κ2) is 8.48. The molecule has 1 aliphatic heterocycles. The largest absolute Gasteiger partial charge is 0.299 e. The molecule has 0 atom stereocenters. The van der Waals surface area contributed by atoms with Crippen molar-refractivity contribution in [2.45, 2.75) is 25.9 Å². The third-order valence-electron chi connectivity index (χ3n) is 5.54. The Kier molecular flexibility index (Phi) is 5.62. The maximum absolute atomic E-state index is 12.5. The predicted molar refractivity (Wildman–Crippen MR) is 109 cm³/mol. The number of piperidine rings is 1. The van der Waals surface area contributed by atoms with Crippen LogP contribution in [0.5, 0.6) is 0 Å². The summed E-state index contributed by atoms with van der Waals surface area (Å²) in [5.74, 6) is 1.22. The van der Waals surface area contributed by atoms with E-state index in [2.05, 4.69) is 19.9 Å². The summed E-state index contributed by atoms with van der Waals surface area (Å²) in [5, 5.41) is 0. The van der Waals surface area contributed by atoms with Crippen LogP contribution in [0.1, 0.15) is 18.7 Å². The highest BCUT2D eigenvalue weighted by Crippen LogP contribution is 2.20. The molecule has 0 N–H and O–H groups in total. The van der Waals surface area contributed by atoms with Gasteiger partial charge in [0.05, 0.1) is 18.6 Å². The van der Waals surface area contributed by atoms with Crippen molar-refractivity contribution in [3.8, 4) is 11.3 Å². The molecule has 1 aliphatic rings. The number of hydrogen-bond donors (Lipinski definition) is 0. The van der Waals surface area contributed by atoms with Gasteiger partial charge in [-0.25, -0.2) is 9.97 Å². The molecule has 0 aromatic carbocycles. The standard InChI is InChI=1S/C21H24N6O2/c1-25-19(23-9-4-20(25)28)14-26-10-5-16(6-11-26)13-27-15-24-18(12-21(27)29)17-2-7-22-8-3-17/h2-4,7-9,12,15-16H,5-6,10-11,13-14H2,1H3. The van der Waals surface area contributed by atoms with Gasteiger partial charge < -0.3 is 0 Å². The summed E-state index contributed by atoms with van der Waals surface area (Å²) in [6.45, 7) is 3.19. The van der Waals surface area contributed by atoms with E-state index in [-0.39, 0.29) is 11.1 Å². The molecular formula is C21H24N6O2. The molecule has 1 saturated heterocycles. The van der Waals surface area contributed by atoms with Crippen LogP contribution in [0, 0.1) is 5.92 Å². The first-order valence-corrected chi connectivity index (χ1v) is 9.80. The van der Waals surface area contributed by atoms with Crippen molar-refractivity contribution in [1.29, 1.82) is 0 Å². The molecule has 0 unspecified atom stereocenters. The van der Waals surface area contributed by atoms with E-state index in [1.165, 1.54) is 6.07 Å². The monoisotopic (exact) mass is 392 g/mol. The SMILES string of the molecule is Cn1c(CN2CCC(Cn3cnc(-c4ccncc4)cc3=O)CC2)nccc1=O. The van der Waals surface area contributed by atoms with Gasteiger partial charge in [0, 0.05) is 49.9 Å². The Morgan fingerprint density at radius 2 is 1.76 bits per heavy atom. The van der Waals surface area contributed by atoms with Crippen molar-refractivity contribution in [1.82, 2.24) is 29.0 Å². The molecule has 0 saturated carbocycles. The number of aromatic nitrogens is 5. The van der Waals surface area contributed by atoms with Crippen LogP contribution in [0.25, 0.3) is 11.3 Å². The minimum absolute atomic E-state index is 0.0299. The van der Waals surface area contributed by atoms with Gasteiger partial charge in [-0.1, -0.05) is 0 Å².